The highest BCUT2D eigenvalue weighted by Gasteiger charge is 2.28. The van der Waals surface area contributed by atoms with E-state index >= 15 is 0 Å². The average molecular weight is 382 g/mol. The van der Waals surface area contributed by atoms with Gasteiger partial charge in [0.05, 0.1) is 23.4 Å². The van der Waals surface area contributed by atoms with Gasteiger partial charge in [0, 0.05) is 45.3 Å². The van der Waals surface area contributed by atoms with E-state index in [2.05, 4.69) is 20.1 Å². The summed E-state index contributed by atoms with van der Waals surface area (Å²) < 4.78 is 9.07. The SMILES string of the molecule is CCOC(=O)c1cnc2c(c(C)nn2C)c1N1CCC(Cn2cccn2)CC1. The number of hydrogen-bond acceptors (Lipinski definition) is 6. The Kier molecular flexibility index (Phi) is 5.02. The van der Waals surface area contributed by atoms with Crippen LogP contribution in [0.15, 0.2) is 24.7 Å². The molecule has 3 aromatic rings. The van der Waals surface area contributed by atoms with Gasteiger partial charge < -0.3 is 9.64 Å². The van der Waals surface area contributed by atoms with E-state index in [1.807, 2.05) is 44.0 Å². The lowest BCUT2D eigenvalue weighted by atomic mass is 9.95. The zero-order valence-electron chi connectivity index (χ0n) is 16.6. The molecule has 1 fully saturated rings. The summed E-state index contributed by atoms with van der Waals surface area (Å²) in [5.41, 5.74) is 3.10. The van der Waals surface area contributed by atoms with E-state index in [4.69, 9.17) is 4.74 Å². The van der Waals surface area contributed by atoms with E-state index in [0.717, 1.165) is 54.9 Å². The lowest BCUT2D eigenvalue weighted by Gasteiger charge is -2.34. The summed E-state index contributed by atoms with van der Waals surface area (Å²) in [6.45, 7) is 6.82. The third kappa shape index (κ3) is 3.34. The van der Waals surface area contributed by atoms with Crippen molar-refractivity contribution in [3.05, 3.63) is 35.9 Å². The third-order valence-corrected chi connectivity index (χ3v) is 5.43. The molecule has 1 saturated heterocycles. The second-order valence-corrected chi connectivity index (χ2v) is 7.31. The molecule has 8 heteroatoms. The van der Waals surface area contributed by atoms with Crippen LogP contribution in [-0.2, 0) is 18.3 Å². The van der Waals surface area contributed by atoms with Gasteiger partial charge in [-0.25, -0.2) is 9.78 Å². The van der Waals surface area contributed by atoms with Crippen LogP contribution in [0.5, 0.6) is 0 Å². The van der Waals surface area contributed by atoms with Gasteiger partial charge in [-0.15, -0.1) is 0 Å². The summed E-state index contributed by atoms with van der Waals surface area (Å²) in [5.74, 6) is 0.253. The molecule has 1 aliphatic rings. The number of hydrogen-bond donors (Lipinski definition) is 0. The number of anilines is 1. The maximum atomic E-state index is 12.6. The number of carbonyl (C=O) groups excluding carboxylic acids is 1. The van der Waals surface area contributed by atoms with Crippen LogP contribution >= 0.6 is 0 Å². The molecule has 0 N–H and O–H groups in total. The molecule has 0 radical (unpaired) electrons. The molecule has 148 valence electrons. The molecule has 8 nitrogen and oxygen atoms in total. The van der Waals surface area contributed by atoms with Crippen molar-refractivity contribution in [3.8, 4) is 0 Å². The molecule has 4 rings (SSSR count). The minimum Gasteiger partial charge on any atom is -0.462 e. The van der Waals surface area contributed by atoms with Crippen LogP contribution in [-0.4, -0.2) is 50.2 Å². The number of esters is 1. The second-order valence-electron chi connectivity index (χ2n) is 7.31. The topological polar surface area (TPSA) is 78.1 Å². The minimum absolute atomic E-state index is 0.325. The molecule has 0 aliphatic carbocycles. The molecule has 0 aromatic carbocycles. The van der Waals surface area contributed by atoms with Crippen molar-refractivity contribution in [3.63, 3.8) is 0 Å². The van der Waals surface area contributed by atoms with Gasteiger partial charge in [0.15, 0.2) is 5.65 Å². The first kappa shape index (κ1) is 18.5. The van der Waals surface area contributed by atoms with E-state index in [9.17, 15) is 4.79 Å². The van der Waals surface area contributed by atoms with Crippen molar-refractivity contribution < 1.29 is 9.53 Å². The lowest BCUT2D eigenvalue weighted by Crippen LogP contribution is -2.36. The van der Waals surface area contributed by atoms with Crippen molar-refractivity contribution in [1.82, 2.24) is 24.5 Å². The molecular formula is C20H26N6O2. The first-order valence-corrected chi connectivity index (χ1v) is 9.80. The zero-order chi connectivity index (χ0) is 19.7. The predicted molar refractivity (Wildman–Crippen MR) is 106 cm³/mol. The molecule has 4 heterocycles. The fourth-order valence-corrected chi connectivity index (χ4v) is 4.09. The highest BCUT2D eigenvalue weighted by atomic mass is 16.5. The monoisotopic (exact) mass is 382 g/mol. The van der Waals surface area contributed by atoms with Crippen molar-refractivity contribution in [2.45, 2.75) is 33.2 Å². The van der Waals surface area contributed by atoms with Crippen LogP contribution in [0.2, 0.25) is 0 Å². The van der Waals surface area contributed by atoms with E-state index < -0.39 is 0 Å². The normalized spacial score (nSPS) is 15.3. The molecule has 0 unspecified atom stereocenters. The summed E-state index contributed by atoms with van der Waals surface area (Å²) in [4.78, 5) is 19.4. The number of fused-ring (bicyclic) bond motifs is 1. The van der Waals surface area contributed by atoms with Gasteiger partial charge in [0.25, 0.3) is 0 Å². The Morgan fingerprint density at radius 1 is 1.32 bits per heavy atom. The van der Waals surface area contributed by atoms with Crippen LogP contribution in [0.4, 0.5) is 5.69 Å². The quantitative estimate of drug-likeness (QED) is 0.631. The van der Waals surface area contributed by atoms with Gasteiger partial charge in [-0.3, -0.25) is 9.36 Å². The van der Waals surface area contributed by atoms with Crippen LogP contribution in [0.25, 0.3) is 11.0 Å². The largest absolute Gasteiger partial charge is 0.462 e. The fourth-order valence-electron chi connectivity index (χ4n) is 4.09. The van der Waals surface area contributed by atoms with Crippen molar-refractivity contribution in [2.24, 2.45) is 13.0 Å². The number of nitrogens with zero attached hydrogens (tertiary/aromatic N) is 6. The molecular weight excluding hydrogens is 356 g/mol. The highest BCUT2D eigenvalue weighted by molar-refractivity contribution is 6.05. The Balaban J connectivity index is 1.65. The average Bonchev–Trinajstić information content (AvgIpc) is 3.30. The summed E-state index contributed by atoms with van der Waals surface area (Å²) >= 11 is 0. The number of pyridine rings is 1. The molecule has 0 amide bonds. The van der Waals surface area contributed by atoms with Gasteiger partial charge in [-0.2, -0.15) is 10.2 Å². The summed E-state index contributed by atoms with van der Waals surface area (Å²) in [6, 6.07) is 1.96. The van der Waals surface area contributed by atoms with Crippen molar-refractivity contribution >= 4 is 22.7 Å². The molecule has 1 aliphatic heterocycles. The fraction of sp³-hybridized carbons (Fsp3) is 0.500. The number of rotatable bonds is 5. The smallest absolute Gasteiger partial charge is 0.341 e. The molecule has 28 heavy (non-hydrogen) atoms. The highest BCUT2D eigenvalue weighted by Crippen LogP contribution is 2.35. The summed E-state index contributed by atoms with van der Waals surface area (Å²) in [7, 11) is 1.88. The van der Waals surface area contributed by atoms with Gasteiger partial charge in [0.2, 0.25) is 0 Å². The van der Waals surface area contributed by atoms with Gasteiger partial charge in [-0.05, 0) is 38.7 Å². The Labute approximate surface area is 164 Å². The minimum atomic E-state index is -0.325. The van der Waals surface area contributed by atoms with Gasteiger partial charge in [0.1, 0.15) is 5.56 Å². The van der Waals surface area contributed by atoms with E-state index in [0.29, 0.717) is 18.1 Å². The number of piperidine rings is 1. The Morgan fingerprint density at radius 2 is 2.11 bits per heavy atom. The van der Waals surface area contributed by atoms with E-state index in [1.54, 1.807) is 10.9 Å². The van der Waals surface area contributed by atoms with Crippen LogP contribution in [0.1, 0.15) is 35.8 Å². The number of carbonyl (C=O) groups is 1. The lowest BCUT2D eigenvalue weighted by molar-refractivity contribution is 0.0526. The van der Waals surface area contributed by atoms with Crippen molar-refractivity contribution in [2.75, 3.05) is 24.6 Å². The van der Waals surface area contributed by atoms with E-state index in [1.165, 1.54) is 0 Å². The molecule has 0 spiro atoms. The summed E-state index contributed by atoms with van der Waals surface area (Å²) in [6.07, 6.45) is 7.55. The summed E-state index contributed by atoms with van der Waals surface area (Å²) in [5, 5.41) is 9.79. The first-order chi connectivity index (χ1) is 13.6. The zero-order valence-corrected chi connectivity index (χ0v) is 16.6. The third-order valence-electron chi connectivity index (χ3n) is 5.43. The number of aryl methyl sites for hydroxylation is 2. The molecule has 0 saturated carbocycles. The van der Waals surface area contributed by atoms with Gasteiger partial charge >= 0.3 is 5.97 Å². The second kappa shape index (κ2) is 7.61. The number of ether oxygens (including phenoxy) is 1. The van der Waals surface area contributed by atoms with Crippen LogP contribution in [0.3, 0.4) is 0 Å². The standard InChI is InChI=1S/C20H26N6O2/c1-4-28-20(27)16-12-21-19-17(14(2)23-24(19)3)18(16)25-10-6-15(7-11-25)13-26-9-5-8-22-26/h5,8-9,12,15H,4,6-7,10-11,13H2,1-3H3. The molecule has 0 bridgehead atoms. The van der Waals surface area contributed by atoms with E-state index in [-0.39, 0.29) is 5.97 Å². The molecule has 0 atom stereocenters. The number of aromatic nitrogens is 5. The van der Waals surface area contributed by atoms with Gasteiger partial charge in [-0.1, -0.05) is 0 Å². The predicted octanol–water partition coefficient (Wildman–Crippen LogP) is 2.57. The van der Waals surface area contributed by atoms with Crippen molar-refractivity contribution in [1.29, 1.82) is 0 Å². The maximum Gasteiger partial charge on any atom is 0.341 e. The Bertz CT molecular complexity index is 970. The Morgan fingerprint density at radius 3 is 2.79 bits per heavy atom. The molecule has 3 aromatic heterocycles. The maximum absolute atomic E-state index is 12.6. The van der Waals surface area contributed by atoms with Crippen LogP contribution < -0.4 is 4.90 Å². The Hall–Kier alpha value is -2.90. The van der Waals surface area contributed by atoms with Crippen LogP contribution in [0, 0.1) is 12.8 Å². The first-order valence-electron chi connectivity index (χ1n) is 9.80.